The minimum Gasteiger partial charge on any atom is -0.378 e. The second-order valence-corrected chi connectivity index (χ2v) is 4.35. The van der Waals surface area contributed by atoms with E-state index < -0.39 is 0 Å². The van der Waals surface area contributed by atoms with Gasteiger partial charge in [-0.15, -0.1) is 0 Å². The molecule has 0 saturated carbocycles. The van der Waals surface area contributed by atoms with Crippen molar-refractivity contribution in [1.29, 1.82) is 0 Å². The van der Waals surface area contributed by atoms with E-state index >= 15 is 0 Å². The van der Waals surface area contributed by atoms with Crippen molar-refractivity contribution < 1.29 is 23.6 Å². The van der Waals surface area contributed by atoms with Crippen molar-refractivity contribution in [3.05, 3.63) is 35.9 Å². The third kappa shape index (κ3) is 3.66. The van der Waals surface area contributed by atoms with E-state index in [1.165, 1.54) is 31.2 Å². The van der Waals surface area contributed by atoms with Gasteiger partial charge in [0.05, 0.1) is 12.7 Å². The van der Waals surface area contributed by atoms with Gasteiger partial charge in [0, 0.05) is 0 Å². The molecule has 0 aliphatic carbocycles. The van der Waals surface area contributed by atoms with Gasteiger partial charge in [-0.05, 0) is 25.2 Å². The summed E-state index contributed by atoms with van der Waals surface area (Å²) in [7, 11) is 0. The van der Waals surface area contributed by atoms with Gasteiger partial charge in [0.2, 0.25) is 0 Å². The minimum atomic E-state index is 0. The SMILES string of the molecule is CCCC1CCC(c2cc[c-]cc2)CO1.[Li+]. The van der Waals surface area contributed by atoms with Gasteiger partial charge >= 0.3 is 18.9 Å². The Kier molecular flexibility index (Phi) is 6.20. The minimum absolute atomic E-state index is 0. The normalized spacial score (nSPS) is 24.8. The van der Waals surface area contributed by atoms with Crippen LogP contribution in [0.4, 0.5) is 0 Å². The van der Waals surface area contributed by atoms with Crippen molar-refractivity contribution in [2.75, 3.05) is 6.61 Å². The molecular formula is C14H19LiO. The van der Waals surface area contributed by atoms with E-state index in [9.17, 15) is 0 Å². The summed E-state index contributed by atoms with van der Waals surface area (Å²) in [4.78, 5) is 0. The molecule has 1 aliphatic heterocycles. The van der Waals surface area contributed by atoms with Crippen molar-refractivity contribution in [1.82, 2.24) is 0 Å². The molecule has 1 aromatic carbocycles. The van der Waals surface area contributed by atoms with E-state index in [2.05, 4.69) is 25.1 Å². The van der Waals surface area contributed by atoms with Crippen LogP contribution >= 0.6 is 0 Å². The monoisotopic (exact) mass is 210 g/mol. The zero-order valence-corrected chi connectivity index (χ0v) is 10.4. The van der Waals surface area contributed by atoms with Gasteiger partial charge in [0.1, 0.15) is 0 Å². The molecule has 0 aromatic heterocycles. The van der Waals surface area contributed by atoms with Crippen molar-refractivity contribution >= 4 is 0 Å². The smallest absolute Gasteiger partial charge is 0.378 e. The Morgan fingerprint density at radius 2 is 2.06 bits per heavy atom. The molecule has 1 saturated heterocycles. The van der Waals surface area contributed by atoms with Gasteiger partial charge < -0.3 is 4.74 Å². The number of hydrogen-bond acceptors (Lipinski definition) is 1. The summed E-state index contributed by atoms with van der Waals surface area (Å²) in [5.41, 5.74) is 1.41. The van der Waals surface area contributed by atoms with Gasteiger partial charge in [-0.25, -0.2) is 0 Å². The van der Waals surface area contributed by atoms with Crippen LogP contribution in [0.25, 0.3) is 0 Å². The number of benzene rings is 1. The van der Waals surface area contributed by atoms with Crippen LogP contribution in [0.3, 0.4) is 0 Å². The van der Waals surface area contributed by atoms with Gasteiger partial charge in [-0.2, -0.15) is 35.9 Å². The van der Waals surface area contributed by atoms with Crippen LogP contribution < -0.4 is 18.9 Å². The summed E-state index contributed by atoms with van der Waals surface area (Å²) >= 11 is 0. The van der Waals surface area contributed by atoms with Gasteiger partial charge in [-0.1, -0.05) is 13.3 Å². The number of hydrogen-bond donors (Lipinski definition) is 0. The predicted octanol–water partition coefficient (Wildman–Crippen LogP) is 0.553. The summed E-state index contributed by atoms with van der Waals surface area (Å²) in [6.07, 6.45) is 5.46. The molecule has 2 atom stereocenters. The van der Waals surface area contributed by atoms with Crippen molar-refractivity contribution in [3.63, 3.8) is 0 Å². The van der Waals surface area contributed by atoms with E-state index in [0.29, 0.717) is 12.0 Å². The van der Waals surface area contributed by atoms with Crippen molar-refractivity contribution in [2.24, 2.45) is 0 Å². The predicted molar refractivity (Wildman–Crippen MR) is 61.9 cm³/mol. The topological polar surface area (TPSA) is 9.23 Å². The molecule has 2 rings (SSSR count). The van der Waals surface area contributed by atoms with E-state index in [-0.39, 0.29) is 18.9 Å². The number of rotatable bonds is 3. The Morgan fingerprint density at radius 3 is 2.62 bits per heavy atom. The summed E-state index contributed by atoms with van der Waals surface area (Å²) in [5, 5.41) is 0. The molecule has 1 aliphatic rings. The first-order chi connectivity index (χ1) is 7.40. The first-order valence-corrected chi connectivity index (χ1v) is 5.97. The summed E-state index contributed by atoms with van der Waals surface area (Å²) in [6, 6.07) is 11.4. The summed E-state index contributed by atoms with van der Waals surface area (Å²) in [5.74, 6) is 0.604. The molecule has 0 radical (unpaired) electrons. The average molecular weight is 210 g/mol. The largest absolute Gasteiger partial charge is 1.00 e. The molecule has 1 aromatic rings. The van der Waals surface area contributed by atoms with Gasteiger partial charge in [0.25, 0.3) is 0 Å². The van der Waals surface area contributed by atoms with Crippen LogP contribution in [0.2, 0.25) is 0 Å². The maximum Gasteiger partial charge on any atom is 1.00 e. The van der Waals surface area contributed by atoms with Crippen LogP contribution in [0.1, 0.15) is 44.1 Å². The Hall–Kier alpha value is -0.223. The average Bonchev–Trinajstić information content (AvgIpc) is 2.32. The molecule has 1 nitrogen and oxygen atoms in total. The van der Waals surface area contributed by atoms with Gasteiger partial charge in [0.15, 0.2) is 0 Å². The third-order valence-corrected chi connectivity index (χ3v) is 3.20. The fourth-order valence-electron chi connectivity index (χ4n) is 2.29. The zero-order valence-electron chi connectivity index (χ0n) is 10.4. The molecule has 2 heteroatoms. The van der Waals surface area contributed by atoms with Crippen LogP contribution in [0, 0.1) is 6.07 Å². The Bertz CT molecular complexity index is 278. The number of ether oxygens (including phenoxy) is 1. The second-order valence-electron chi connectivity index (χ2n) is 4.35. The van der Waals surface area contributed by atoms with E-state index in [1.807, 2.05) is 12.1 Å². The maximum atomic E-state index is 5.88. The van der Waals surface area contributed by atoms with Crippen LogP contribution in [0.5, 0.6) is 0 Å². The Morgan fingerprint density at radius 1 is 1.31 bits per heavy atom. The Labute approximate surface area is 111 Å². The van der Waals surface area contributed by atoms with Crippen molar-refractivity contribution in [3.8, 4) is 0 Å². The molecule has 0 amide bonds. The van der Waals surface area contributed by atoms with Crippen LogP contribution in [-0.2, 0) is 4.74 Å². The third-order valence-electron chi connectivity index (χ3n) is 3.20. The molecule has 0 spiro atoms. The summed E-state index contributed by atoms with van der Waals surface area (Å²) in [6.45, 7) is 3.12. The molecule has 1 fully saturated rings. The standard InChI is InChI=1S/C14H19O.Li/c1-2-6-14-10-9-13(11-15-14)12-7-4-3-5-8-12;/h4-5,7-8,13-14H,2,6,9-11H2,1H3;/q-1;+1. The second kappa shape index (κ2) is 7.17. The van der Waals surface area contributed by atoms with E-state index in [1.54, 1.807) is 0 Å². The quantitative estimate of drug-likeness (QED) is 0.523. The fraction of sp³-hybridized carbons (Fsp3) is 0.571. The molecule has 82 valence electrons. The Balaban J connectivity index is 0.00000128. The maximum absolute atomic E-state index is 5.88. The molecule has 1 heterocycles. The molecule has 0 bridgehead atoms. The van der Waals surface area contributed by atoms with E-state index in [4.69, 9.17) is 4.74 Å². The van der Waals surface area contributed by atoms with Crippen LogP contribution in [0.15, 0.2) is 24.3 Å². The van der Waals surface area contributed by atoms with Crippen LogP contribution in [-0.4, -0.2) is 12.7 Å². The molecule has 2 unspecified atom stereocenters. The fourth-order valence-corrected chi connectivity index (χ4v) is 2.29. The van der Waals surface area contributed by atoms with Crippen molar-refractivity contribution in [2.45, 2.75) is 44.6 Å². The molecular weight excluding hydrogens is 191 g/mol. The first kappa shape index (κ1) is 13.8. The zero-order chi connectivity index (χ0) is 10.5. The van der Waals surface area contributed by atoms with Gasteiger partial charge in [-0.3, -0.25) is 0 Å². The first-order valence-electron chi connectivity index (χ1n) is 5.97. The van der Waals surface area contributed by atoms with E-state index in [0.717, 1.165) is 6.61 Å². The molecule has 0 N–H and O–H groups in total. The summed E-state index contributed by atoms with van der Waals surface area (Å²) < 4.78 is 5.88. The molecule has 16 heavy (non-hydrogen) atoms.